The van der Waals surface area contributed by atoms with Crippen LogP contribution in [0.1, 0.15) is 19.8 Å². The summed E-state index contributed by atoms with van der Waals surface area (Å²) in [6.45, 7) is 2.76. The van der Waals surface area contributed by atoms with Crippen molar-refractivity contribution in [3.8, 4) is 0 Å². The lowest BCUT2D eigenvalue weighted by molar-refractivity contribution is -0.130. The fourth-order valence-corrected chi connectivity index (χ4v) is 2.31. The first kappa shape index (κ1) is 13.3. The van der Waals surface area contributed by atoms with Crippen molar-refractivity contribution in [2.75, 3.05) is 24.6 Å². The molecule has 0 spiro atoms. The van der Waals surface area contributed by atoms with E-state index in [4.69, 9.17) is 5.73 Å². The average Bonchev–Trinajstić information content (AvgIpc) is 2.53. The molecule has 5 nitrogen and oxygen atoms in total. The van der Waals surface area contributed by atoms with Crippen LogP contribution < -0.4 is 5.73 Å². The number of rotatable bonds is 5. The molecule has 0 aromatic rings. The minimum atomic E-state index is -0.740. The van der Waals surface area contributed by atoms with Crippen LogP contribution >= 0.6 is 11.8 Å². The molecule has 0 aromatic carbocycles. The van der Waals surface area contributed by atoms with Crippen molar-refractivity contribution in [1.82, 2.24) is 4.90 Å². The van der Waals surface area contributed by atoms with E-state index >= 15 is 0 Å². The molecule has 0 bridgehead atoms. The number of nitrogens with zero attached hydrogens (tertiary/aromatic N) is 1. The van der Waals surface area contributed by atoms with Gasteiger partial charge in [0.05, 0.1) is 11.4 Å². The normalized spacial score (nSPS) is 24.8. The molecule has 1 aliphatic rings. The van der Waals surface area contributed by atoms with Gasteiger partial charge in [-0.2, -0.15) is 11.8 Å². The number of carbonyl (C=O) groups is 2. The van der Waals surface area contributed by atoms with Gasteiger partial charge < -0.3 is 15.7 Å². The van der Waals surface area contributed by atoms with E-state index in [0.717, 1.165) is 0 Å². The Morgan fingerprint density at radius 2 is 2.25 bits per heavy atom. The van der Waals surface area contributed by atoms with E-state index in [-0.39, 0.29) is 17.6 Å². The number of nitrogens with two attached hydrogens (primary N) is 1. The van der Waals surface area contributed by atoms with E-state index in [2.05, 4.69) is 0 Å². The summed E-state index contributed by atoms with van der Waals surface area (Å²) < 4.78 is 0. The second-order valence-electron chi connectivity index (χ2n) is 4.33. The molecule has 6 heteroatoms. The van der Waals surface area contributed by atoms with Crippen molar-refractivity contribution >= 4 is 23.6 Å². The molecule has 1 fully saturated rings. The Bertz CT molecular complexity index is 281. The number of β-amino-alcohol motifs (C(OH)–C–C–N with tert-alkyl or cyclic N) is 1. The van der Waals surface area contributed by atoms with Gasteiger partial charge in [-0.1, -0.05) is 0 Å². The van der Waals surface area contributed by atoms with Gasteiger partial charge in [0.2, 0.25) is 11.8 Å². The molecule has 1 rings (SSSR count). The molecule has 0 radical (unpaired) electrons. The van der Waals surface area contributed by atoms with Gasteiger partial charge in [0.1, 0.15) is 0 Å². The molecule has 3 N–H and O–H groups in total. The Labute approximate surface area is 99.4 Å². The van der Waals surface area contributed by atoms with Gasteiger partial charge in [-0.05, 0) is 13.3 Å². The largest absolute Gasteiger partial charge is 0.388 e. The molecule has 1 heterocycles. The minimum Gasteiger partial charge on any atom is -0.388 e. The number of aliphatic hydroxyl groups is 1. The third-order valence-corrected chi connectivity index (χ3v) is 3.49. The van der Waals surface area contributed by atoms with E-state index in [0.29, 0.717) is 31.7 Å². The third-order valence-electron chi connectivity index (χ3n) is 2.51. The molecule has 1 atom stereocenters. The highest BCUT2D eigenvalue weighted by molar-refractivity contribution is 7.99. The van der Waals surface area contributed by atoms with Crippen LogP contribution in [-0.4, -0.2) is 52.0 Å². The Morgan fingerprint density at radius 1 is 1.56 bits per heavy atom. The molecule has 2 amide bonds. The summed E-state index contributed by atoms with van der Waals surface area (Å²) >= 11 is 1.36. The molecule has 1 saturated heterocycles. The lowest BCUT2D eigenvalue weighted by Crippen LogP contribution is -2.34. The van der Waals surface area contributed by atoms with Crippen molar-refractivity contribution in [3.63, 3.8) is 0 Å². The van der Waals surface area contributed by atoms with Gasteiger partial charge in [-0.3, -0.25) is 9.59 Å². The van der Waals surface area contributed by atoms with E-state index in [9.17, 15) is 14.7 Å². The van der Waals surface area contributed by atoms with Crippen molar-refractivity contribution < 1.29 is 14.7 Å². The number of carbonyl (C=O) groups excluding carboxylic acids is 2. The maximum Gasteiger partial charge on any atom is 0.227 e. The lowest BCUT2D eigenvalue weighted by atomic mass is 10.1. The minimum absolute atomic E-state index is 0.0368. The lowest BCUT2D eigenvalue weighted by Gasteiger charge is -2.18. The van der Waals surface area contributed by atoms with Gasteiger partial charge in [0.25, 0.3) is 0 Å². The number of primary amides is 1. The van der Waals surface area contributed by atoms with Gasteiger partial charge in [0, 0.05) is 25.3 Å². The van der Waals surface area contributed by atoms with Crippen molar-refractivity contribution in [1.29, 1.82) is 0 Å². The van der Waals surface area contributed by atoms with E-state index in [1.54, 1.807) is 11.8 Å². The predicted octanol–water partition coefficient (Wildman–Crippen LogP) is -0.422. The zero-order valence-electron chi connectivity index (χ0n) is 9.44. The first-order valence-corrected chi connectivity index (χ1v) is 6.42. The zero-order valence-corrected chi connectivity index (χ0v) is 10.3. The molecule has 16 heavy (non-hydrogen) atoms. The van der Waals surface area contributed by atoms with Crippen molar-refractivity contribution in [3.05, 3.63) is 0 Å². The molecule has 0 aliphatic carbocycles. The number of hydrogen-bond acceptors (Lipinski definition) is 4. The molecular formula is C10H18N2O3S. The van der Waals surface area contributed by atoms with Crippen LogP contribution in [0.15, 0.2) is 0 Å². The highest BCUT2D eigenvalue weighted by Crippen LogP contribution is 2.21. The molecular weight excluding hydrogens is 228 g/mol. The summed E-state index contributed by atoms with van der Waals surface area (Å²) in [5.74, 6) is 0.530. The van der Waals surface area contributed by atoms with Gasteiger partial charge in [-0.15, -0.1) is 0 Å². The predicted molar refractivity (Wildman–Crippen MR) is 63.0 cm³/mol. The number of likely N-dealkylation sites (tertiary alicyclic amines) is 1. The van der Waals surface area contributed by atoms with E-state index in [1.807, 2.05) is 0 Å². The fourth-order valence-electron chi connectivity index (χ4n) is 1.65. The summed E-state index contributed by atoms with van der Waals surface area (Å²) in [7, 11) is 0. The third kappa shape index (κ3) is 4.40. The van der Waals surface area contributed by atoms with Gasteiger partial charge in [-0.25, -0.2) is 0 Å². The van der Waals surface area contributed by atoms with Crippen molar-refractivity contribution in [2.45, 2.75) is 25.4 Å². The van der Waals surface area contributed by atoms with E-state index in [1.165, 1.54) is 11.8 Å². The van der Waals surface area contributed by atoms with Crippen molar-refractivity contribution in [2.24, 2.45) is 5.73 Å². The van der Waals surface area contributed by atoms with E-state index < -0.39 is 5.60 Å². The monoisotopic (exact) mass is 246 g/mol. The maximum atomic E-state index is 11.7. The SMILES string of the molecule is CC1(O)CCN(C(=O)CCSCC(N)=O)C1. The molecule has 92 valence electrons. The molecule has 1 unspecified atom stereocenters. The number of hydrogen-bond donors (Lipinski definition) is 2. The number of thioether (sulfide) groups is 1. The quantitative estimate of drug-likeness (QED) is 0.645. The van der Waals surface area contributed by atoms with Crippen LogP contribution in [0.3, 0.4) is 0 Å². The van der Waals surface area contributed by atoms with Crippen LogP contribution in [0.2, 0.25) is 0 Å². The Hall–Kier alpha value is -0.750. The topological polar surface area (TPSA) is 83.6 Å². The summed E-state index contributed by atoms with van der Waals surface area (Å²) in [6.07, 6.45) is 1.03. The van der Waals surface area contributed by atoms with Crippen LogP contribution in [0.25, 0.3) is 0 Å². The Morgan fingerprint density at radius 3 is 2.75 bits per heavy atom. The zero-order chi connectivity index (χ0) is 12.2. The Balaban J connectivity index is 2.19. The average molecular weight is 246 g/mol. The summed E-state index contributed by atoms with van der Waals surface area (Å²) in [5.41, 5.74) is 4.24. The molecule has 1 aliphatic heterocycles. The molecule has 0 aromatic heterocycles. The second kappa shape index (κ2) is 5.54. The van der Waals surface area contributed by atoms with Gasteiger partial charge >= 0.3 is 0 Å². The first-order valence-electron chi connectivity index (χ1n) is 5.27. The number of amides is 2. The summed E-state index contributed by atoms with van der Waals surface area (Å²) in [6, 6.07) is 0. The van der Waals surface area contributed by atoms with Gasteiger partial charge in [0.15, 0.2) is 0 Å². The second-order valence-corrected chi connectivity index (χ2v) is 5.44. The maximum absolute atomic E-state index is 11.7. The first-order chi connectivity index (χ1) is 7.41. The smallest absolute Gasteiger partial charge is 0.227 e. The Kier molecular flexibility index (Phi) is 4.61. The summed E-state index contributed by atoms with van der Waals surface area (Å²) in [5, 5.41) is 9.70. The molecule has 0 saturated carbocycles. The highest BCUT2D eigenvalue weighted by Gasteiger charge is 2.33. The van der Waals surface area contributed by atoms with Crippen LogP contribution in [0, 0.1) is 0 Å². The standard InChI is InChI=1S/C10H18N2O3S/c1-10(15)3-4-12(7-10)9(14)2-5-16-6-8(11)13/h15H,2-7H2,1H3,(H2,11,13). The highest BCUT2D eigenvalue weighted by atomic mass is 32.2. The fraction of sp³-hybridized carbons (Fsp3) is 0.800. The van der Waals surface area contributed by atoms with Crippen LogP contribution in [-0.2, 0) is 9.59 Å². The van der Waals surface area contributed by atoms with Crippen LogP contribution in [0.4, 0.5) is 0 Å². The summed E-state index contributed by atoms with van der Waals surface area (Å²) in [4.78, 5) is 23.8. The van der Waals surface area contributed by atoms with Crippen LogP contribution in [0.5, 0.6) is 0 Å².